The van der Waals surface area contributed by atoms with Gasteiger partial charge >= 0.3 is 6.18 Å². The summed E-state index contributed by atoms with van der Waals surface area (Å²) in [6, 6.07) is 12.5. The summed E-state index contributed by atoms with van der Waals surface area (Å²) < 4.78 is 40.9. The van der Waals surface area contributed by atoms with Crippen LogP contribution in [0.2, 0.25) is 0 Å². The average Bonchev–Trinajstić information content (AvgIpc) is 2.99. The van der Waals surface area contributed by atoms with Gasteiger partial charge in [0.2, 0.25) is 0 Å². The number of fused-ring (bicyclic) bond motifs is 3. The van der Waals surface area contributed by atoms with E-state index >= 15 is 0 Å². The van der Waals surface area contributed by atoms with Crippen molar-refractivity contribution >= 4 is 10.9 Å². The summed E-state index contributed by atoms with van der Waals surface area (Å²) in [5, 5.41) is 1.32. The van der Waals surface area contributed by atoms with E-state index in [0.29, 0.717) is 12.5 Å². The zero-order valence-electron chi connectivity index (χ0n) is 17.2. The molecule has 5 heteroatoms. The molecule has 0 saturated carbocycles. The Morgan fingerprint density at radius 1 is 1.07 bits per heavy atom. The van der Waals surface area contributed by atoms with Gasteiger partial charge in [0.25, 0.3) is 0 Å². The van der Waals surface area contributed by atoms with Crippen LogP contribution in [-0.4, -0.2) is 22.1 Å². The number of benzene rings is 2. The van der Waals surface area contributed by atoms with Crippen LogP contribution in [0.3, 0.4) is 0 Å². The van der Waals surface area contributed by atoms with E-state index in [9.17, 15) is 13.2 Å². The first-order chi connectivity index (χ1) is 13.8. The lowest BCUT2D eigenvalue weighted by Gasteiger charge is -2.33. The van der Waals surface area contributed by atoms with Gasteiger partial charge in [-0.15, -0.1) is 0 Å². The number of aryl methyl sites for hydroxylation is 3. The number of nitrogens with zero attached hydrogens (tertiary/aromatic N) is 2. The van der Waals surface area contributed by atoms with E-state index in [0.717, 1.165) is 31.6 Å². The molecule has 1 atom stereocenters. The molecule has 1 unspecified atom stereocenters. The van der Waals surface area contributed by atoms with Gasteiger partial charge in [0.05, 0.1) is 11.1 Å². The molecule has 1 aromatic heterocycles. The summed E-state index contributed by atoms with van der Waals surface area (Å²) in [5.74, 6) is 0. The number of rotatable bonds is 4. The summed E-state index contributed by atoms with van der Waals surface area (Å²) in [6.07, 6.45) is -2.56. The van der Waals surface area contributed by atoms with E-state index in [2.05, 4.69) is 48.4 Å². The number of hydrogen-bond donors (Lipinski definition) is 0. The Hall–Kier alpha value is -2.27. The van der Waals surface area contributed by atoms with Crippen LogP contribution < -0.4 is 0 Å². The molecule has 2 heterocycles. The van der Waals surface area contributed by atoms with E-state index in [1.807, 2.05) is 0 Å². The summed E-state index contributed by atoms with van der Waals surface area (Å²) in [5.41, 5.74) is 5.67. The van der Waals surface area contributed by atoms with E-state index in [-0.39, 0.29) is 0 Å². The molecule has 2 aromatic carbocycles. The van der Waals surface area contributed by atoms with Crippen LogP contribution in [0.5, 0.6) is 0 Å². The normalized spacial score (nSPS) is 17.7. The molecule has 0 aliphatic carbocycles. The fourth-order valence-electron chi connectivity index (χ4n) is 4.66. The average molecular weight is 400 g/mol. The minimum atomic E-state index is -4.29. The van der Waals surface area contributed by atoms with Gasteiger partial charge in [-0.3, -0.25) is 4.90 Å². The van der Waals surface area contributed by atoms with Gasteiger partial charge in [-0.05, 0) is 55.6 Å². The van der Waals surface area contributed by atoms with E-state index in [1.54, 1.807) is 12.1 Å². The molecule has 154 valence electrons. The first-order valence-electron chi connectivity index (χ1n) is 10.3. The monoisotopic (exact) mass is 400 g/mol. The van der Waals surface area contributed by atoms with Crippen LogP contribution in [0.15, 0.2) is 42.5 Å². The lowest BCUT2D eigenvalue weighted by molar-refractivity contribution is -0.137. The first kappa shape index (κ1) is 20.0. The molecule has 0 amide bonds. The van der Waals surface area contributed by atoms with Crippen LogP contribution >= 0.6 is 0 Å². The Bertz CT molecular complexity index is 1020. The number of hydrogen-bond acceptors (Lipinski definition) is 1. The van der Waals surface area contributed by atoms with Crippen molar-refractivity contribution in [2.45, 2.75) is 58.9 Å². The van der Waals surface area contributed by atoms with Gasteiger partial charge in [-0.2, -0.15) is 13.2 Å². The molecule has 0 radical (unpaired) electrons. The third kappa shape index (κ3) is 3.68. The Morgan fingerprint density at radius 3 is 2.45 bits per heavy atom. The number of aromatic nitrogens is 1. The lowest BCUT2D eigenvalue weighted by Crippen LogP contribution is -2.38. The van der Waals surface area contributed by atoms with Crippen LogP contribution in [0, 0.1) is 6.92 Å². The summed E-state index contributed by atoms with van der Waals surface area (Å²) in [7, 11) is 0. The Morgan fingerprint density at radius 2 is 1.79 bits per heavy atom. The molecule has 2 nitrogen and oxygen atoms in total. The molecule has 0 fully saturated rings. The van der Waals surface area contributed by atoms with E-state index < -0.39 is 11.7 Å². The van der Waals surface area contributed by atoms with Crippen LogP contribution in [0.4, 0.5) is 13.2 Å². The summed E-state index contributed by atoms with van der Waals surface area (Å²) >= 11 is 0. The highest BCUT2D eigenvalue weighted by molar-refractivity contribution is 5.88. The molecule has 0 saturated heterocycles. The fourth-order valence-corrected chi connectivity index (χ4v) is 4.66. The van der Waals surface area contributed by atoms with Gasteiger partial charge in [-0.1, -0.05) is 37.3 Å². The molecule has 1 aliphatic rings. The highest BCUT2D eigenvalue weighted by Gasteiger charge is 2.30. The molecule has 0 bridgehead atoms. The first-order valence-corrected chi connectivity index (χ1v) is 10.3. The van der Waals surface area contributed by atoms with Crippen molar-refractivity contribution in [1.82, 2.24) is 9.47 Å². The quantitative estimate of drug-likeness (QED) is 0.523. The fraction of sp³-hybridized carbons (Fsp3) is 0.417. The Balaban J connectivity index is 1.68. The summed E-state index contributed by atoms with van der Waals surface area (Å²) in [4.78, 5) is 2.50. The van der Waals surface area contributed by atoms with Gasteiger partial charge in [0, 0.05) is 36.6 Å². The molecular formula is C24H27F3N2. The maximum absolute atomic E-state index is 12.8. The maximum Gasteiger partial charge on any atom is 0.416 e. The number of likely N-dealkylation sites (N-methyl/N-ethyl adjacent to an activating group) is 1. The zero-order valence-corrected chi connectivity index (χ0v) is 17.2. The lowest BCUT2D eigenvalue weighted by atomic mass is 9.99. The molecule has 29 heavy (non-hydrogen) atoms. The van der Waals surface area contributed by atoms with Crippen molar-refractivity contribution < 1.29 is 13.2 Å². The van der Waals surface area contributed by atoms with Crippen LogP contribution in [0.25, 0.3) is 10.9 Å². The van der Waals surface area contributed by atoms with Crippen molar-refractivity contribution in [3.63, 3.8) is 0 Å². The third-order valence-electron chi connectivity index (χ3n) is 6.29. The number of para-hydroxylation sites is 1. The van der Waals surface area contributed by atoms with Crippen molar-refractivity contribution in [2.24, 2.45) is 0 Å². The largest absolute Gasteiger partial charge is 0.416 e. The number of halogens is 3. The van der Waals surface area contributed by atoms with Gasteiger partial charge in [0.15, 0.2) is 0 Å². The molecular weight excluding hydrogens is 373 g/mol. The molecule has 0 spiro atoms. The molecule has 3 aromatic rings. The van der Waals surface area contributed by atoms with Crippen molar-refractivity contribution in [2.75, 3.05) is 6.54 Å². The van der Waals surface area contributed by atoms with E-state index in [1.165, 1.54) is 39.9 Å². The predicted octanol–water partition coefficient (Wildman–Crippen LogP) is 5.98. The van der Waals surface area contributed by atoms with Crippen molar-refractivity contribution in [1.29, 1.82) is 0 Å². The van der Waals surface area contributed by atoms with Gasteiger partial charge in [-0.25, -0.2) is 0 Å². The highest BCUT2D eigenvalue weighted by Crippen LogP contribution is 2.35. The summed E-state index contributed by atoms with van der Waals surface area (Å²) in [6.45, 7) is 9.39. The SMILES string of the molecule is CCN1Cc2c(n(CCc3ccc(C(F)(F)F)cc3)c3c(C)cccc23)CC1C. The smallest absolute Gasteiger partial charge is 0.344 e. The minimum absolute atomic E-state index is 0.488. The highest BCUT2D eigenvalue weighted by atomic mass is 19.4. The zero-order chi connectivity index (χ0) is 20.8. The maximum atomic E-state index is 12.8. The van der Waals surface area contributed by atoms with Crippen molar-refractivity contribution in [3.8, 4) is 0 Å². The number of alkyl halides is 3. The van der Waals surface area contributed by atoms with Gasteiger partial charge in [0.1, 0.15) is 0 Å². The second-order valence-corrected chi connectivity index (χ2v) is 8.11. The molecule has 0 N–H and O–H groups in total. The Kier molecular flexibility index (Phi) is 5.19. The third-order valence-corrected chi connectivity index (χ3v) is 6.29. The second-order valence-electron chi connectivity index (χ2n) is 8.11. The Labute approximate surface area is 169 Å². The van der Waals surface area contributed by atoms with E-state index in [4.69, 9.17) is 0 Å². The second kappa shape index (κ2) is 7.52. The predicted molar refractivity (Wildman–Crippen MR) is 111 cm³/mol. The van der Waals surface area contributed by atoms with Gasteiger partial charge < -0.3 is 4.57 Å². The molecule has 1 aliphatic heterocycles. The van der Waals surface area contributed by atoms with Crippen LogP contribution in [0.1, 0.15) is 41.8 Å². The topological polar surface area (TPSA) is 8.17 Å². The molecule has 4 rings (SSSR count). The van der Waals surface area contributed by atoms with Crippen molar-refractivity contribution in [3.05, 3.63) is 70.4 Å². The standard InChI is InChI=1S/C24H27F3N2/c1-4-28-15-21-20-7-5-6-16(2)23(20)29(22(21)14-17(28)3)13-12-18-8-10-19(11-9-18)24(25,26)27/h5-11,17H,4,12-15H2,1-3H3. The minimum Gasteiger partial charge on any atom is -0.344 e. The van der Waals surface area contributed by atoms with Crippen LogP contribution in [-0.2, 0) is 32.1 Å².